The van der Waals surface area contributed by atoms with E-state index >= 15 is 0 Å². The van der Waals surface area contributed by atoms with Gasteiger partial charge in [-0.1, -0.05) is 0 Å². The largest absolute Gasteiger partial charge is 0.508 e. The van der Waals surface area contributed by atoms with Gasteiger partial charge in [0.05, 0.1) is 31.3 Å². The molecule has 0 unspecified atom stereocenters. The molecule has 0 fully saturated rings. The first-order chi connectivity index (χ1) is 14.2. The van der Waals surface area contributed by atoms with Gasteiger partial charge in [0.15, 0.2) is 0 Å². The Morgan fingerprint density at radius 1 is 0.967 bits per heavy atom. The van der Waals surface area contributed by atoms with Gasteiger partial charge in [0.2, 0.25) is 0 Å². The molecule has 0 aromatic heterocycles. The van der Waals surface area contributed by atoms with Crippen molar-refractivity contribution < 1.29 is 23.2 Å². The Kier molecular flexibility index (Phi) is 4.12. The topological polar surface area (TPSA) is 108 Å². The van der Waals surface area contributed by atoms with E-state index in [9.17, 15) is 23.2 Å². The van der Waals surface area contributed by atoms with Gasteiger partial charge in [0, 0.05) is 48.6 Å². The van der Waals surface area contributed by atoms with E-state index in [0.717, 1.165) is 35.7 Å². The van der Waals surface area contributed by atoms with Crippen LogP contribution in [0.25, 0.3) is 0 Å². The second kappa shape index (κ2) is 6.40. The molecule has 5 rings (SSSR count). The van der Waals surface area contributed by atoms with Crippen molar-refractivity contribution in [3.05, 3.63) is 34.9 Å². The first-order valence-corrected chi connectivity index (χ1v) is 11.3. The van der Waals surface area contributed by atoms with Crippen LogP contribution >= 0.6 is 0 Å². The van der Waals surface area contributed by atoms with Crippen LogP contribution in [0.5, 0.6) is 11.5 Å². The Balaban J connectivity index is 1.77. The molecule has 3 heterocycles. The zero-order chi connectivity index (χ0) is 21.4. The zero-order valence-corrected chi connectivity index (χ0v) is 17.6. The van der Waals surface area contributed by atoms with E-state index in [-0.39, 0.29) is 22.9 Å². The molecule has 2 aromatic carbocycles. The van der Waals surface area contributed by atoms with Gasteiger partial charge >= 0.3 is 0 Å². The SMILES string of the molecule is CCN1CN(C)Cc2cc(S(=O)(=O)O)c3c(c21)CN1CN3Cc2c(O)cc(O)cc21. The minimum absolute atomic E-state index is 0.0176. The van der Waals surface area contributed by atoms with Crippen LogP contribution in [-0.2, 0) is 29.8 Å². The van der Waals surface area contributed by atoms with Crippen LogP contribution in [0.3, 0.4) is 0 Å². The van der Waals surface area contributed by atoms with Crippen LogP contribution < -0.4 is 14.7 Å². The Morgan fingerprint density at radius 3 is 2.40 bits per heavy atom. The molecule has 3 aliphatic rings. The third kappa shape index (κ3) is 2.78. The molecule has 10 heteroatoms. The molecule has 3 aliphatic heterocycles. The minimum atomic E-state index is -4.45. The summed E-state index contributed by atoms with van der Waals surface area (Å²) in [6, 6.07) is 4.50. The Morgan fingerprint density at radius 2 is 1.70 bits per heavy atom. The number of hydrogen-bond acceptors (Lipinski definition) is 8. The zero-order valence-electron chi connectivity index (χ0n) is 16.8. The standard InChI is InChI=1S/C20H24N4O5S/c1-3-22-10-21(2)7-12-4-18(30(27,28)29)20-15(19(12)22)9-23-11-24(20)8-14-16(23)5-13(25)6-17(14)26/h4-6,25-26H,3,7-11H2,1-2H3,(H,27,28,29). The summed E-state index contributed by atoms with van der Waals surface area (Å²) in [6.45, 7) is 5.20. The summed E-state index contributed by atoms with van der Waals surface area (Å²) in [4.78, 5) is 8.09. The first-order valence-electron chi connectivity index (χ1n) is 9.81. The summed E-state index contributed by atoms with van der Waals surface area (Å²) in [7, 11) is -2.48. The van der Waals surface area contributed by atoms with Crippen LogP contribution in [0.4, 0.5) is 17.1 Å². The third-order valence-corrected chi connectivity index (χ3v) is 6.99. The van der Waals surface area contributed by atoms with Crippen LogP contribution in [-0.4, -0.2) is 55.0 Å². The molecule has 0 aliphatic carbocycles. The van der Waals surface area contributed by atoms with Crippen LogP contribution in [0.15, 0.2) is 23.1 Å². The summed E-state index contributed by atoms with van der Waals surface area (Å²) in [6.07, 6.45) is 0. The summed E-state index contributed by atoms with van der Waals surface area (Å²) < 4.78 is 34.7. The van der Waals surface area contributed by atoms with Crippen molar-refractivity contribution in [1.29, 1.82) is 0 Å². The van der Waals surface area contributed by atoms with E-state index in [1.807, 2.05) is 16.8 Å². The fourth-order valence-electron chi connectivity index (χ4n) is 4.99. The van der Waals surface area contributed by atoms with Gasteiger partial charge in [0.1, 0.15) is 16.4 Å². The maximum Gasteiger partial charge on any atom is 0.296 e. The lowest BCUT2D eigenvalue weighted by Gasteiger charge is -2.48. The Hall–Kier alpha value is -2.69. The monoisotopic (exact) mass is 432 g/mol. The smallest absolute Gasteiger partial charge is 0.296 e. The van der Waals surface area contributed by atoms with Crippen LogP contribution in [0.1, 0.15) is 23.6 Å². The summed E-state index contributed by atoms with van der Waals surface area (Å²) in [5, 5.41) is 20.4. The van der Waals surface area contributed by atoms with Gasteiger partial charge in [-0.15, -0.1) is 0 Å². The van der Waals surface area contributed by atoms with Gasteiger partial charge in [-0.05, 0) is 25.6 Å². The van der Waals surface area contributed by atoms with Crippen molar-refractivity contribution in [2.75, 3.05) is 41.6 Å². The number of benzene rings is 2. The maximum absolute atomic E-state index is 12.3. The molecule has 30 heavy (non-hydrogen) atoms. The van der Waals surface area contributed by atoms with E-state index in [4.69, 9.17) is 0 Å². The molecule has 2 bridgehead atoms. The highest BCUT2D eigenvalue weighted by Crippen LogP contribution is 2.49. The number of hydrogen-bond donors (Lipinski definition) is 3. The van der Waals surface area contributed by atoms with Gasteiger partial charge in [-0.3, -0.25) is 9.45 Å². The Bertz CT molecular complexity index is 1170. The van der Waals surface area contributed by atoms with E-state index in [0.29, 0.717) is 31.0 Å². The fraction of sp³-hybridized carbons (Fsp3) is 0.400. The molecule has 0 amide bonds. The highest BCUT2D eigenvalue weighted by Gasteiger charge is 2.39. The molecule has 0 spiro atoms. The van der Waals surface area contributed by atoms with E-state index in [2.05, 4.69) is 16.7 Å². The molecule has 3 N–H and O–H groups in total. The molecule has 0 radical (unpaired) electrons. The molecule has 0 saturated heterocycles. The van der Waals surface area contributed by atoms with Gasteiger partial charge in [-0.25, -0.2) is 0 Å². The number of nitrogens with zero attached hydrogens (tertiary/aromatic N) is 4. The number of phenolic OH excluding ortho intramolecular Hbond substituents is 2. The fourth-order valence-corrected chi connectivity index (χ4v) is 5.78. The highest BCUT2D eigenvalue weighted by molar-refractivity contribution is 7.86. The maximum atomic E-state index is 12.3. The normalized spacial score (nSPS) is 18.2. The number of rotatable bonds is 2. The molecule has 0 atom stereocenters. The second-order valence-electron chi connectivity index (χ2n) is 8.20. The van der Waals surface area contributed by atoms with Crippen molar-refractivity contribution in [3.8, 4) is 11.5 Å². The summed E-state index contributed by atoms with van der Waals surface area (Å²) in [5.41, 5.74) is 4.55. The summed E-state index contributed by atoms with van der Waals surface area (Å²) in [5.74, 6) is -0.0534. The first kappa shape index (κ1) is 19.3. The van der Waals surface area contributed by atoms with Gasteiger partial charge in [0.25, 0.3) is 10.1 Å². The highest BCUT2D eigenvalue weighted by atomic mass is 32.2. The van der Waals surface area contributed by atoms with Crippen molar-refractivity contribution in [1.82, 2.24) is 4.90 Å². The quantitative estimate of drug-likeness (QED) is 0.613. The number of anilines is 3. The molecular formula is C20H24N4O5S. The predicted molar refractivity (Wildman–Crippen MR) is 113 cm³/mol. The lowest BCUT2D eigenvalue weighted by Crippen LogP contribution is -2.48. The molecule has 0 saturated carbocycles. The molecule has 160 valence electrons. The Labute approximate surface area is 175 Å². The minimum Gasteiger partial charge on any atom is -0.508 e. The van der Waals surface area contributed by atoms with E-state index in [1.165, 1.54) is 6.07 Å². The van der Waals surface area contributed by atoms with Crippen molar-refractivity contribution in [2.45, 2.75) is 31.5 Å². The molecular weight excluding hydrogens is 408 g/mol. The lowest BCUT2D eigenvalue weighted by molar-refractivity contribution is 0.309. The second-order valence-corrected chi connectivity index (χ2v) is 9.59. The third-order valence-electron chi connectivity index (χ3n) is 6.13. The van der Waals surface area contributed by atoms with Crippen molar-refractivity contribution in [2.24, 2.45) is 0 Å². The number of aromatic hydroxyl groups is 2. The van der Waals surface area contributed by atoms with Crippen molar-refractivity contribution >= 4 is 27.2 Å². The van der Waals surface area contributed by atoms with Crippen molar-refractivity contribution in [3.63, 3.8) is 0 Å². The number of phenols is 2. The molecule has 9 nitrogen and oxygen atoms in total. The predicted octanol–water partition coefficient (Wildman–Crippen LogP) is 1.87. The summed E-state index contributed by atoms with van der Waals surface area (Å²) >= 11 is 0. The van der Waals surface area contributed by atoms with Gasteiger partial charge < -0.3 is 24.9 Å². The average Bonchev–Trinajstić information content (AvgIpc) is 2.66. The van der Waals surface area contributed by atoms with E-state index in [1.54, 1.807) is 12.1 Å². The lowest BCUT2D eigenvalue weighted by atomic mass is 9.95. The van der Waals surface area contributed by atoms with Gasteiger partial charge in [-0.2, -0.15) is 8.42 Å². The molecule has 2 aromatic rings. The van der Waals surface area contributed by atoms with E-state index < -0.39 is 10.1 Å². The van der Waals surface area contributed by atoms with Crippen LogP contribution in [0, 0.1) is 0 Å². The average molecular weight is 433 g/mol. The number of fused-ring (bicyclic) bond motifs is 8. The van der Waals surface area contributed by atoms with Crippen LogP contribution in [0.2, 0.25) is 0 Å².